The molecule has 1 aromatic carbocycles. The van der Waals surface area contributed by atoms with Gasteiger partial charge in [0.25, 0.3) is 0 Å². The van der Waals surface area contributed by atoms with Crippen LogP contribution in [0.2, 0.25) is 0 Å². The number of aryl methyl sites for hydroxylation is 1. The van der Waals surface area contributed by atoms with Crippen LogP contribution >= 0.6 is 23.1 Å². The van der Waals surface area contributed by atoms with Gasteiger partial charge in [-0.3, -0.25) is 4.79 Å². The Morgan fingerprint density at radius 1 is 1.22 bits per heavy atom. The van der Waals surface area contributed by atoms with Gasteiger partial charge in [0.05, 0.1) is 5.25 Å². The Morgan fingerprint density at radius 2 is 1.91 bits per heavy atom. The van der Waals surface area contributed by atoms with E-state index in [9.17, 15) is 4.79 Å². The number of thioether (sulfide) groups is 1. The molecule has 0 radical (unpaired) electrons. The summed E-state index contributed by atoms with van der Waals surface area (Å²) < 4.78 is 0. The fourth-order valence-corrected chi connectivity index (χ4v) is 4.27. The second kappa shape index (κ2) is 7.36. The van der Waals surface area contributed by atoms with Gasteiger partial charge >= 0.3 is 0 Å². The lowest BCUT2D eigenvalue weighted by molar-refractivity contribution is -0.130. The van der Waals surface area contributed by atoms with Crippen LogP contribution in [0.25, 0.3) is 0 Å². The maximum absolute atomic E-state index is 12.6. The SMILES string of the molecule is Cc1ccc(SC(C)C(=O)N2CCN(c3nccs3)CC2)cc1. The van der Waals surface area contributed by atoms with Crippen LogP contribution in [-0.2, 0) is 4.79 Å². The van der Waals surface area contributed by atoms with Crippen molar-refractivity contribution in [1.82, 2.24) is 9.88 Å². The number of aromatic nitrogens is 1. The Labute approximate surface area is 145 Å². The third kappa shape index (κ3) is 4.06. The van der Waals surface area contributed by atoms with Crippen LogP contribution in [0.5, 0.6) is 0 Å². The number of carbonyl (C=O) groups is 1. The molecule has 0 N–H and O–H groups in total. The fraction of sp³-hybridized carbons (Fsp3) is 0.412. The molecule has 1 aliphatic rings. The Balaban J connectivity index is 1.53. The van der Waals surface area contributed by atoms with Crippen molar-refractivity contribution >= 4 is 34.1 Å². The number of piperazine rings is 1. The summed E-state index contributed by atoms with van der Waals surface area (Å²) in [5, 5.41) is 3.00. The van der Waals surface area contributed by atoms with Crippen molar-refractivity contribution in [3.63, 3.8) is 0 Å². The van der Waals surface area contributed by atoms with E-state index < -0.39 is 0 Å². The molecule has 0 aliphatic carbocycles. The van der Waals surface area contributed by atoms with Crippen LogP contribution in [0.4, 0.5) is 5.13 Å². The number of benzene rings is 1. The molecular formula is C17H21N3OS2. The summed E-state index contributed by atoms with van der Waals surface area (Å²) in [5.41, 5.74) is 1.24. The van der Waals surface area contributed by atoms with Gasteiger partial charge < -0.3 is 9.80 Å². The van der Waals surface area contributed by atoms with E-state index in [0.717, 1.165) is 36.2 Å². The monoisotopic (exact) mass is 347 g/mol. The van der Waals surface area contributed by atoms with Crippen LogP contribution in [0.1, 0.15) is 12.5 Å². The van der Waals surface area contributed by atoms with E-state index in [1.165, 1.54) is 5.56 Å². The standard InChI is InChI=1S/C17H21N3OS2/c1-13-3-5-15(6-4-13)23-14(2)16(21)19-8-10-20(11-9-19)17-18-7-12-22-17/h3-7,12,14H,8-11H2,1-2H3. The van der Waals surface area contributed by atoms with Gasteiger partial charge in [-0.2, -0.15) is 0 Å². The van der Waals surface area contributed by atoms with Crippen molar-refractivity contribution in [3.05, 3.63) is 41.4 Å². The van der Waals surface area contributed by atoms with Gasteiger partial charge in [-0.1, -0.05) is 17.7 Å². The highest BCUT2D eigenvalue weighted by molar-refractivity contribution is 8.00. The summed E-state index contributed by atoms with van der Waals surface area (Å²) in [7, 11) is 0. The molecule has 3 rings (SSSR count). The molecule has 2 aromatic rings. The molecule has 1 saturated heterocycles. The maximum Gasteiger partial charge on any atom is 0.235 e. The smallest absolute Gasteiger partial charge is 0.235 e. The Morgan fingerprint density at radius 3 is 2.52 bits per heavy atom. The Hall–Kier alpha value is -1.53. The third-order valence-corrected chi connectivity index (χ3v) is 5.89. The summed E-state index contributed by atoms with van der Waals surface area (Å²) in [6.45, 7) is 7.35. The number of rotatable bonds is 4. The van der Waals surface area contributed by atoms with Crippen molar-refractivity contribution in [2.45, 2.75) is 24.0 Å². The van der Waals surface area contributed by atoms with E-state index in [-0.39, 0.29) is 11.2 Å². The van der Waals surface area contributed by atoms with Crippen LogP contribution in [-0.4, -0.2) is 47.2 Å². The fourth-order valence-electron chi connectivity index (χ4n) is 2.62. The first-order valence-corrected chi connectivity index (χ1v) is 9.56. The first-order valence-electron chi connectivity index (χ1n) is 7.80. The molecule has 0 bridgehead atoms. The summed E-state index contributed by atoms with van der Waals surface area (Å²) in [6, 6.07) is 8.35. The van der Waals surface area contributed by atoms with Crippen molar-refractivity contribution in [2.24, 2.45) is 0 Å². The minimum absolute atomic E-state index is 0.0517. The van der Waals surface area contributed by atoms with E-state index in [4.69, 9.17) is 0 Å². The van der Waals surface area contributed by atoms with Crippen LogP contribution in [0.3, 0.4) is 0 Å². The number of hydrogen-bond acceptors (Lipinski definition) is 5. The molecular weight excluding hydrogens is 326 g/mol. The van der Waals surface area contributed by atoms with Crippen molar-refractivity contribution in [3.8, 4) is 0 Å². The van der Waals surface area contributed by atoms with Crippen molar-refractivity contribution in [1.29, 1.82) is 0 Å². The van der Waals surface area contributed by atoms with Gasteiger partial charge in [0.1, 0.15) is 0 Å². The number of thiazole rings is 1. The molecule has 1 aromatic heterocycles. The number of nitrogens with zero attached hydrogens (tertiary/aromatic N) is 3. The molecule has 0 spiro atoms. The molecule has 1 fully saturated rings. The zero-order valence-electron chi connectivity index (χ0n) is 13.4. The average Bonchev–Trinajstić information content (AvgIpc) is 3.11. The van der Waals surface area contributed by atoms with E-state index in [1.54, 1.807) is 23.1 Å². The van der Waals surface area contributed by atoms with E-state index >= 15 is 0 Å². The first kappa shape index (κ1) is 16.3. The van der Waals surface area contributed by atoms with Gasteiger partial charge in [-0.15, -0.1) is 23.1 Å². The quantitative estimate of drug-likeness (QED) is 0.795. The third-order valence-electron chi connectivity index (χ3n) is 3.96. The van der Waals surface area contributed by atoms with E-state index in [1.807, 2.05) is 23.4 Å². The zero-order chi connectivity index (χ0) is 16.2. The second-order valence-electron chi connectivity index (χ2n) is 5.70. The largest absolute Gasteiger partial charge is 0.345 e. The van der Waals surface area contributed by atoms with E-state index in [2.05, 4.69) is 41.1 Å². The van der Waals surface area contributed by atoms with Gasteiger partial charge in [0.15, 0.2) is 5.13 Å². The molecule has 1 unspecified atom stereocenters. The van der Waals surface area contributed by atoms with Crippen molar-refractivity contribution in [2.75, 3.05) is 31.1 Å². The Bertz CT molecular complexity index is 634. The summed E-state index contributed by atoms with van der Waals surface area (Å²) in [6.07, 6.45) is 1.83. The molecule has 0 saturated carbocycles. The van der Waals surface area contributed by atoms with Crippen LogP contribution in [0, 0.1) is 6.92 Å². The van der Waals surface area contributed by atoms with Gasteiger partial charge in [0, 0.05) is 42.7 Å². The van der Waals surface area contributed by atoms with Crippen LogP contribution < -0.4 is 4.90 Å². The lowest BCUT2D eigenvalue weighted by Gasteiger charge is -2.35. The number of hydrogen-bond donors (Lipinski definition) is 0. The predicted octanol–water partition coefficient (Wildman–Crippen LogP) is 3.28. The normalized spacial score (nSPS) is 16.4. The summed E-state index contributed by atoms with van der Waals surface area (Å²) >= 11 is 3.29. The maximum atomic E-state index is 12.6. The van der Waals surface area contributed by atoms with Crippen molar-refractivity contribution < 1.29 is 4.79 Å². The van der Waals surface area contributed by atoms with E-state index in [0.29, 0.717) is 0 Å². The zero-order valence-corrected chi connectivity index (χ0v) is 15.1. The molecule has 23 heavy (non-hydrogen) atoms. The first-order chi connectivity index (χ1) is 11.1. The summed E-state index contributed by atoms with van der Waals surface area (Å²) in [4.78, 5) is 22.4. The van der Waals surface area contributed by atoms with Gasteiger partial charge in [-0.25, -0.2) is 4.98 Å². The van der Waals surface area contributed by atoms with Gasteiger partial charge in [0.2, 0.25) is 5.91 Å². The molecule has 6 heteroatoms. The number of amides is 1. The van der Waals surface area contributed by atoms with Crippen LogP contribution in [0.15, 0.2) is 40.7 Å². The molecule has 122 valence electrons. The number of anilines is 1. The Kier molecular flexibility index (Phi) is 5.23. The summed E-state index contributed by atoms with van der Waals surface area (Å²) in [5.74, 6) is 0.231. The van der Waals surface area contributed by atoms with Gasteiger partial charge in [-0.05, 0) is 26.0 Å². The molecule has 4 nitrogen and oxygen atoms in total. The predicted molar refractivity (Wildman–Crippen MR) is 97.4 cm³/mol. The lowest BCUT2D eigenvalue weighted by Crippen LogP contribution is -2.50. The highest BCUT2D eigenvalue weighted by Gasteiger charge is 2.26. The average molecular weight is 348 g/mol. The topological polar surface area (TPSA) is 36.4 Å². The minimum Gasteiger partial charge on any atom is -0.345 e. The molecule has 2 heterocycles. The molecule has 1 atom stereocenters. The highest BCUT2D eigenvalue weighted by atomic mass is 32.2. The molecule has 1 aliphatic heterocycles. The highest BCUT2D eigenvalue weighted by Crippen LogP contribution is 2.26. The number of carbonyl (C=O) groups excluding carboxylic acids is 1. The second-order valence-corrected chi connectivity index (χ2v) is 7.99. The lowest BCUT2D eigenvalue weighted by atomic mass is 10.2. The molecule has 1 amide bonds. The minimum atomic E-state index is -0.0517.